The van der Waals surface area contributed by atoms with Gasteiger partial charge in [0.15, 0.2) is 0 Å². The van der Waals surface area contributed by atoms with Crippen molar-refractivity contribution in [3.05, 3.63) is 76.3 Å². The Morgan fingerprint density at radius 2 is 1.82 bits per heavy atom. The van der Waals surface area contributed by atoms with Gasteiger partial charge in [0.2, 0.25) is 5.91 Å². The van der Waals surface area contributed by atoms with Crippen LogP contribution in [0.3, 0.4) is 0 Å². The standard InChI is InChI=1S/C27H35N3O3/c1-4-18-30-26(28-23-15-10-9-14-22(23)27(30)32)24(5-2)29(19-11-20-33-3)25(31)17-16-21-12-7-6-8-13-21/h6-10,12-15,24H,4-5,11,16-20H2,1-3H3. The number of aryl methyl sites for hydroxylation is 1. The molecule has 176 valence electrons. The normalized spacial score (nSPS) is 12.1. The first-order chi connectivity index (χ1) is 16.1. The highest BCUT2D eigenvalue weighted by atomic mass is 16.5. The number of para-hydroxylation sites is 1. The van der Waals surface area contributed by atoms with Gasteiger partial charge in [0.1, 0.15) is 5.82 Å². The van der Waals surface area contributed by atoms with Crippen LogP contribution in [0.4, 0.5) is 0 Å². The van der Waals surface area contributed by atoms with Gasteiger partial charge in [-0.2, -0.15) is 0 Å². The van der Waals surface area contributed by atoms with Gasteiger partial charge in [0.05, 0.1) is 16.9 Å². The third-order valence-electron chi connectivity index (χ3n) is 5.94. The van der Waals surface area contributed by atoms with Crippen molar-refractivity contribution in [3.63, 3.8) is 0 Å². The lowest BCUT2D eigenvalue weighted by atomic mass is 10.1. The molecule has 0 spiro atoms. The first-order valence-electron chi connectivity index (χ1n) is 11.9. The van der Waals surface area contributed by atoms with E-state index in [1.54, 1.807) is 11.7 Å². The van der Waals surface area contributed by atoms with E-state index in [2.05, 4.69) is 6.92 Å². The van der Waals surface area contributed by atoms with Crippen LogP contribution >= 0.6 is 0 Å². The highest BCUT2D eigenvalue weighted by molar-refractivity contribution is 5.78. The zero-order valence-electron chi connectivity index (χ0n) is 20.0. The number of aromatic nitrogens is 2. The lowest BCUT2D eigenvalue weighted by molar-refractivity contribution is -0.134. The highest BCUT2D eigenvalue weighted by Gasteiger charge is 2.28. The monoisotopic (exact) mass is 449 g/mol. The van der Waals surface area contributed by atoms with Crippen LogP contribution in [-0.2, 0) is 22.5 Å². The topological polar surface area (TPSA) is 64.4 Å². The van der Waals surface area contributed by atoms with Gasteiger partial charge in [0, 0.05) is 33.2 Å². The lowest BCUT2D eigenvalue weighted by Crippen LogP contribution is -2.40. The highest BCUT2D eigenvalue weighted by Crippen LogP contribution is 2.25. The van der Waals surface area contributed by atoms with Crippen molar-refractivity contribution in [1.29, 1.82) is 0 Å². The zero-order valence-corrected chi connectivity index (χ0v) is 20.0. The fraction of sp³-hybridized carbons (Fsp3) is 0.444. The molecular formula is C27H35N3O3. The lowest BCUT2D eigenvalue weighted by Gasteiger charge is -2.32. The van der Waals surface area contributed by atoms with Crippen LogP contribution in [0.25, 0.3) is 10.9 Å². The summed E-state index contributed by atoms with van der Waals surface area (Å²) in [5.74, 6) is 0.751. The second kappa shape index (κ2) is 12.3. The number of fused-ring (bicyclic) bond motifs is 1. The average Bonchev–Trinajstić information content (AvgIpc) is 2.85. The van der Waals surface area contributed by atoms with Gasteiger partial charge >= 0.3 is 0 Å². The molecule has 0 N–H and O–H groups in total. The van der Waals surface area contributed by atoms with Crippen molar-refractivity contribution in [1.82, 2.24) is 14.5 Å². The molecule has 0 aliphatic rings. The molecule has 0 radical (unpaired) electrons. The minimum absolute atomic E-state index is 0.0375. The number of methoxy groups -OCH3 is 1. The summed E-state index contributed by atoms with van der Waals surface area (Å²) in [7, 11) is 1.67. The van der Waals surface area contributed by atoms with Gasteiger partial charge in [-0.3, -0.25) is 14.2 Å². The first-order valence-corrected chi connectivity index (χ1v) is 11.9. The molecule has 33 heavy (non-hydrogen) atoms. The van der Waals surface area contributed by atoms with Crippen LogP contribution in [0.15, 0.2) is 59.4 Å². The Hall–Kier alpha value is -2.99. The van der Waals surface area contributed by atoms with Gasteiger partial charge in [-0.15, -0.1) is 0 Å². The fourth-order valence-corrected chi connectivity index (χ4v) is 4.29. The third kappa shape index (κ3) is 6.08. The summed E-state index contributed by atoms with van der Waals surface area (Å²) in [6.07, 6.45) is 3.33. The molecule has 0 bridgehead atoms. The number of amides is 1. The molecule has 3 aromatic rings. The van der Waals surface area contributed by atoms with Crippen molar-refractivity contribution in [2.45, 2.75) is 58.5 Å². The molecule has 6 heteroatoms. The molecule has 0 aliphatic heterocycles. The molecule has 6 nitrogen and oxygen atoms in total. The van der Waals surface area contributed by atoms with Crippen molar-refractivity contribution in [2.75, 3.05) is 20.3 Å². The Labute approximate surface area is 196 Å². The number of benzene rings is 2. The van der Waals surface area contributed by atoms with Gasteiger partial charge in [-0.25, -0.2) is 4.98 Å². The van der Waals surface area contributed by atoms with E-state index in [0.29, 0.717) is 55.7 Å². The SMILES string of the molecule is CCCn1c(C(CC)N(CCCOC)C(=O)CCc2ccccc2)nc2ccccc2c1=O. The number of carbonyl (C=O) groups excluding carboxylic acids is 1. The predicted octanol–water partition coefficient (Wildman–Crippen LogP) is 4.76. The van der Waals surface area contributed by atoms with Gasteiger partial charge in [-0.1, -0.05) is 56.3 Å². The minimum Gasteiger partial charge on any atom is -0.385 e. The number of hydrogen-bond donors (Lipinski definition) is 0. The van der Waals surface area contributed by atoms with Crippen LogP contribution in [0, 0.1) is 0 Å². The summed E-state index contributed by atoms with van der Waals surface area (Å²) in [5, 5.41) is 0.617. The molecule has 1 heterocycles. The number of ether oxygens (including phenoxy) is 1. The van der Waals surface area contributed by atoms with E-state index >= 15 is 0 Å². The van der Waals surface area contributed by atoms with E-state index in [4.69, 9.17) is 9.72 Å². The predicted molar refractivity (Wildman–Crippen MR) is 132 cm³/mol. The number of carbonyl (C=O) groups is 1. The molecule has 0 fully saturated rings. The number of hydrogen-bond acceptors (Lipinski definition) is 4. The maximum atomic E-state index is 13.5. The molecule has 2 aromatic carbocycles. The Balaban J connectivity index is 1.98. The van der Waals surface area contributed by atoms with Gasteiger partial charge in [0.25, 0.3) is 5.56 Å². The zero-order chi connectivity index (χ0) is 23.6. The molecule has 0 saturated carbocycles. The Bertz CT molecular complexity index is 1090. The van der Waals surface area contributed by atoms with Gasteiger partial charge < -0.3 is 9.64 Å². The van der Waals surface area contributed by atoms with Crippen LogP contribution in [0.5, 0.6) is 0 Å². The quantitative estimate of drug-likeness (QED) is 0.374. The van der Waals surface area contributed by atoms with Crippen molar-refractivity contribution >= 4 is 16.8 Å². The number of nitrogens with zero attached hydrogens (tertiary/aromatic N) is 3. The molecule has 1 amide bonds. The second-order valence-electron chi connectivity index (χ2n) is 8.29. The van der Waals surface area contributed by atoms with E-state index in [1.165, 1.54) is 0 Å². The average molecular weight is 450 g/mol. The van der Waals surface area contributed by atoms with E-state index in [9.17, 15) is 9.59 Å². The molecule has 1 unspecified atom stereocenters. The Morgan fingerprint density at radius 3 is 2.52 bits per heavy atom. The summed E-state index contributed by atoms with van der Waals surface area (Å²) in [6.45, 7) is 5.82. The smallest absolute Gasteiger partial charge is 0.261 e. The van der Waals surface area contributed by atoms with Crippen molar-refractivity contribution in [2.24, 2.45) is 0 Å². The second-order valence-corrected chi connectivity index (χ2v) is 8.29. The Kier molecular flexibility index (Phi) is 9.19. The number of rotatable bonds is 12. The third-order valence-corrected chi connectivity index (χ3v) is 5.94. The van der Waals surface area contributed by atoms with E-state index in [0.717, 1.165) is 18.4 Å². The van der Waals surface area contributed by atoms with E-state index in [1.807, 2.05) is 66.4 Å². The van der Waals surface area contributed by atoms with Crippen molar-refractivity contribution < 1.29 is 9.53 Å². The summed E-state index contributed by atoms with van der Waals surface area (Å²) in [5.41, 5.74) is 1.78. The fourth-order valence-electron chi connectivity index (χ4n) is 4.29. The summed E-state index contributed by atoms with van der Waals surface area (Å²) in [6, 6.07) is 17.2. The Morgan fingerprint density at radius 1 is 1.09 bits per heavy atom. The first kappa shape index (κ1) is 24.6. The van der Waals surface area contributed by atoms with E-state index in [-0.39, 0.29) is 17.5 Å². The van der Waals surface area contributed by atoms with Crippen molar-refractivity contribution in [3.8, 4) is 0 Å². The van der Waals surface area contributed by atoms with E-state index < -0.39 is 0 Å². The van der Waals surface area contributed by atoms with Crippen LogP contribution in [-0.4, -0.2) is 40.6 Å². The molecule has 3 rings (SSSR count). The maximum absolute atomic E-state index is 13.5. The van der Waals surface area contributed by atoms with Crippen LogP contribution in [0.2, 0.25) is 0 Å². The molecule has 0 saturated heterocycles. The summed E-state index contributed by atoms with van der Waals surface area (Å²) < 4.78 is 7.02. The van der Waals surface area contributed by atoms with Crippen LogP contribution < -0.4 is 5.56 Å². The summed E-state index contributed by atoms with van der Waals surface area (Å²) in [4.78, 5) is 33.6. The summed E-state index contributed by atoms with van der Waals surface area (Å²) >= 11 is 0. The minimum atomic E-state index is -0.269. The molecule has 1 aromatic heterocycles. The maximum Gasteiger partial charge on any atom is 0.261 e. The molecular weight excluding hydrogens is 414 g/mol. The molecule has 0 aliphatic carbocycles. The largest absolute Gasteiger partial charge is 0.385 e. The van der Waals surface area contributed by atoms with Crippen LogP contribution in [0.1, 0.15) is 57.0 Å². The van der Waals surface area contributed by atoms with Gasteiger partial charge in [-0.05, 0) is 43.4 Å². The molecule has 1 atom stereocenters.